The van der Waals surface area contributed by atoms with Gasteiger partial charge in [0.05, 0.1) is 12.2 Å². The van der Waals surface area contributed by atoms with Crippen LogP contribution in [0.4, 0.5) is 0 Å². The van der Waals surface area contributed by atoms with Gasteiger partial charge in [-0.3, -0.25) is 19.3 Å². The van der Waals surface area contributed by atoms with Gasteiger partial charge >= 0.3 is 0 Å². The first-order chi connectivity index (χ1) is 22.7. The third kappa shape index (κ3) is 6.70. The first kappa shape index (κ1) is 36.1. The topological polar surface area (TPSA) is 113 Å². The Bertz CT molecular complexity index is 1190. The molecular formula is C39H66N4O5. The normalized spacial score (nSPS) is 40.8. The van der Waals surface area contributed by atoms with Crippen molar-refractivity contribution in [1.82, 2.24) is 20.0 Å². The Kier molecular flexibility index (Phi) is 10.6. The van der Waals surface area contributed by atoms with Crippen LogP contribution in [-0.2, 0) is 14.4 Å². The maximum Gasteiger partial charge on any atom is 0.245 e. The van der Waals surface area contributed by atoms with Crippen LogP contribution in [0.25, 0.3) is 0 Å². The fourth-order valence-electron chi connectivity index (χ4n) is 11.9. The van der Waals surface area contributed by atoms with E-state index in [1.54, 1.807) is 4.90 Å². The highest BCUT2D eigenvalue weighted by molar-refractivity contribution is 5.92. The van der Waals surface area contributed by atoms with E-state index in [4.69, 9.17) is 0 Å². The maximum absolute atomic E-state index is 14.0. The van der Waals surface area contributed by atoms with Gasteiger partial charge in [0, 0.05) is 45.2 Å². The lowest BCUT2D eigenvalue weighted by atomic mass is 9.44. The Morgan fingerprint density at radius 3 is 2.23 bits per heavy atom. The molecule has 0 bridgehead atoms. The number of piperazine rings is 1. The molecule has 2 saturated heterocycles. The van der Waals surface area contributed by atoms with E-state index in [1.807, 2.05) is 18.7 Å². The molecule has 0 aromatic carbocycles. The van der Waals surface area contributed by atoms with E-state index >= 15 is 0 Å². The minimum absolute atomic E-state index is 0.0349. The zero-order valence-corrected chi connectivity index (χ0v) is 30.8. The summed E-state index contributed by atoms with van der Waals surface area (Å²) in [5.74, 6) is 2.80. The van der Waals surface area contributed by atoms with E-state index in [9.17, 15) is 24.6 Å². The number of aliphatic hydroxyl groups is 2. The Labute approximate surface area is 289 Å². The van der Waals surface area contributed by atoms with Crippen molar-refractivity contribution in [3.63, 3.8) is 0 Å². The van der Waals surface area contributed by atoms with E-state index in [0.29, 0.717) is 62.6 Å². The highest BCUT2D eigenvalue weighted by Crippen LogP contribution is 2.66. The summed E-state index contributed by atoms with van der Waals surface area (Å²) in [6.45, 7) is 16.3. The largest absolute Gasteiger partial charge is 0.393 e. The van der Waals surface area contributed by atoms with E-state index in [2.05, 4.69) is 37.9 Å². The molecule has 2 aliphatic heterocycles. The lowest BCUT2D eigenvalue weighted by molar-refractivity contribution is -0.158. The van der Waals surface area contributed by atoms with Gasteiger partial charge in [-0.2, -0.15) is 0 Å². The number of fused-ring (bicyclic) bond motifs is 5. The molecular weight excluding hydrogens is 604 g/mol. The van der Waals surface area contributed by atoms with Crippen molar-refractivity contribution in [2.45, 2.75) is 149 Å². The smallest absolute Gasteiger partial charge is 0.245 e. The summed E-state index contributed by atoms with van der Waals surface area (Å²) in [6, 6.07) is -0.957. The molecule has 3 amide bonds. The van der Waals surface area contributed by atoms with Crippen molar-refractivity contribution >= 4 is 17.7 Å². The van der Waals surface area contributed by atoms with Crippen molar-refractivity contribution < 1.29 is 24.6 Å². The predicted molar refractivity (Wildman–Crippen MR) is 187 cm³/mol. The van der Waals surface area contributed by atoms with E-state index in [0.717, 1.165) is 51.6 Å². The number of likely N-dealkylation sites (tertiary alicyclic amines) is 1. The van der Waals surface area contributed by atoms with E-state index < -0.39 is 12.1 Å². The maximum atomic E-state index is 14.0. The molecule has 0 aromatic heterocycles. The lowest BCUT2D eigenvalue weighted by Crippen LogP contribution is -2.63. The molecule has 6 fully saturated rings. The third-order valence-corrected chi connectivity index (χ3v) is 14.5. The molecule has 4 saturated carbocycles. The molecule has 4 aliphatic carbocycles. The minimum Gasteiger partial charge on any atom is -0.393 e. The molecule has 0 aromatic rings. The fraction of sp³-hybridized carbons (Fsp3) is 0.923. The summed E-state index contributed by atoms with van der Waals surface area (Å²) in [5.41, 5.74) is 0.286. The minimum atomic E-state index is -0.601. The second-order valence-electron chi connectivity index (χ2n) is 18.3. The van der Waals surface area contributed by atoms with Gasteiger partial charge in [0.2, 0.25) is 17.7 Å². The molecule has 3 N–H and O–H groups in total. The number of nitrogens with zero attached hydrogens (tertiary/aromatic N) is 3. The molecule has 6 aliphatic rings. The Morgan fingerprint density at radius 1 is 0.833 bits per heavy atom. The van der Waals surface area contributed by atoms with Crippen LogP contribution in [0, 0.1) is 46.3 Å². The van der Waals surface area contributed by atoms with Crippen LogP contribution in [-0.4, -0.2) is 106 Å². The zero-order valence-electron chi connectivity index (χ0n) is 30.8. The number of carbonyl (C=O) groups is 3. The number of amides is 3. The molecule has 272 valence electrons. The van der Waals surface area contributed by atoms with Crippen molar-refractivity contribution in [1.29, 1.82) is 0 Å². The van der Waals surface area contributed by atoms with Crippen LogP contribution >= 0.6 is 0 Å². The quantitative estimate of drug-likeness (QED) is 0.352. The molecule has 0 unspecified atom stereocenters. The van der Waals surface area contributed by atoms with Crippen LogP contribution in [0.15, 0.2) is 0 Å². The number of hydrogen-bond donors (Lipinski definition) is 3. The van der Waals surface area contributed by atoms with Gasteiger partial charge in [-0.05, 0) is 117 Å². The van der Waals surface area contributed by atoms with Crippen LogP contribution in [0.3, 0.4) is 0 Å². The number of aliphatic hydroxyl groups excluding tert-OH is 2. The number of nitrogens with one attached hydrogen (secondary N) is 1. The number of hydrogen-bond acceptors (Lipinski definition) is 6. The second kappa shape index (κ2) is 14.1. The lowest BCUT2D eigenvalue weighted by Gasteiger charge is -2.62. The van der Waals surface area contributed by atoms with E-state index in [1.165, 1.54) is 19.3 Å². The van der Waals surface area contributed by atoms with Crippen molar-refractivity contribution in [3.8, 4) is 0 Å². The van der Waals surface area contributed by atoms with Gasteiger partial charge in [0.1, 0.15) is 12.1 Å². The predicted octanol–water partition coefficient (Wildman–Crippen LogP) is 4.44. The Balaban J connectivity index is 1.08. The van der Waals surface area contributed by atoms with Gasteiger partial charge < -0.3 is 25.3 Å². The van der Waals surface area contributed by atoms with Crippen LogP contribution in [0.5, 0.6) is 0 Å². The summed E-state index contributed by atoms with van der Waals surface area (Å²) in [6.07, 6.45) is 10.7. The average Bonchev–Trinajstić information content (AvgIpc) is 3.64. The van der Waals surface area contributed by atoms with E-state index in [-0.39, 0.29) is 58.6 Å². The molecule has 11 atom stereocenters. The van der Waals surface area contributed by atoms with Gasteiger partial charge in [0.15, 0.2) is 0 Å². The molecule has 0 spiro atoms. The molecule has 6 rings (SSSR count). The SMILES string of the molecule is CC(C)CC(=O)N[C@@H](CC(C)C)C(=O)N1CCC[C@H]1C(=O)N1CCN([C@H]2C[C@@]3(C)[C@@H](CC[C@@H]4[C@@H]3CC[C@]3(C)[C@@H](O)CC[C@@H]43)C[C@@H]2O)CC1. The van der Waals surface area contributed by atoms with Crippen molar-refractivity contribution in [2.24, 2.45) is 46.3 Å². The highest BCUT2D eigenvalue weighted by Gasteiger charge is 2.61. The van der Waals surface area contributed by atoms with Crippen LogP contribution in [0.1, 0.15) is 119 Å². The Hall–Kier alpha value is -1.71. The summed E-state index contributed by atoms with van der Waals surface area (Å²) >= 11 is 0. The summed E-state index contributed by atoms with van der Waals surface area (Å²) in [5, 5.41) is 25.4. The van der Waals surface area contributed by atoms with Crippen LogP contribution in [0.2, 0.25) is 0 Å². The number of rotatable bonds is 8. The first-order valence-corrected chi connectivity index (χ1v) is 19.7. The van der Waals surface area contributed by atoms with Crippen LogP contribution < -0.4 is 5.32 Å². The second-order valence-corrected chi connectivity index (χ2v) is 18.3. The molecule has 2 heterocycles. The zero-order chi connectivity index (χ0) is 34.5. The fourth-order valence-corrected chi connectivity index (χ4v) is 11.9. The molecule has 9 nitrogen and oxygen atoms in total. The molecule has 9 heteroatoms. The average molecular weight is 671 g/mol. The van der Waals surface area contributed by atoms with Gasteiger partial charge in [-0.15, -0.1) is 0 Å². The summed E-state index contributed by atoms with van der Waals surface area (Å²) in [7, 11) is 0. The van der Waals surface area contributed by atoms with Crippen molar-refractivity contribution in [2.75, 3.05) is 32.7 Å². The van der Waals surface area contributed by atoms with Gasteiger partial charge in [0.25, 0.3) is 0 Å². The van der Waals surface area contributed by atoms with Crippen molar-refractivity contribution in [3.05, 3.63) is 0 Å². The highest BCUT2D eigenvalue weighted by atomic mass is 16.3. The molecule has 0 radical (unpaired) electrons. The summed E-state index contributed by atoms with van der Waals surface area (Å²) in [4.78, 5) is 46.6. The molecule has 48 heavy (non-hydrogen) atoms. The standard InChI is InChI=1S/C39H66N4O5/c1-24(2)20-30(40-35(46)21-25(3)4)36(47)43-15-7-8-31(43)37(48)42-18-16-41(17-19-42)32-23-39(6)26(22-33(32)44)9-10-27-28-11-12-34(45)38(28,5)14-13-29(27)39/h24-34,44-45H,7-23H2,1-6H3,(H,40,46)/t26-,27-,28-,29-,30-,31-,32-,33-,34-,38-,39-/m0/s1. The Morgan fingerprint density at radius 2 is 1.54 bits per heavy atom. The number of carbonyl (C=O) groups excluding carboxylic acids is 3. The van der Waals surface area contributed by atoms with Gasteiger partial charge in [-0.1, -0.05) is 41.5 Å². The first-order valence-electron chi connectivity index (χ1n) is 19.7. The van der Waals surface area contributed by atoms with Gasteiger partial charge in [-0.25, -0.2) is 0 Å². The third-order valence-electron chi connectivity index (χ3n) is 14.5. The monoisotopic (exact) mass is 671 g/mol. The summed E-state index contributed by atoms with van der Waals surface area (Å²) < 4.78 is 0.